The highest BCUT2D eigenvalue weighted by atomic mass is 19.4. The van der Waals surface area contributed by atoms with Crippen molar-refractivity contribution in [2.75, 3.05) is 7.11 Å². The molecule has 10 heteroatoms. The van der Waals surface area contributed by atoms with Crippen molar-refractivity contribution in [2.24, 2.45) is 5.92 Å². The van der Waals surface area contributed by atoms with Crippen molar-refractivity contribution in [3.8, 4) is 11.4 Å². The number of carbonyl (C=O) groups is 1. The van der Waals surface area contributed by atoms with Crippen molar-refractivity contribution < 1.29 is 32.3 Å². The van der Waals surface area contributed by atoms with Gasteiger partial charge in [0.1, 0.15) is 17.0 Å². The summed E-state index contributed by atoms with van der Waals surface area (Å²) in [6.07, 6.45) is 1.68. The van der Waals surface area contributed by atoms with Gasteiger partial charge in [0.05, 0.1) is 18.7 Å². The summed E-state index contributed by atoms with van der Waals surface area (Å²) in [7, 11) is 1.49. The van der Waals surface area contributed by atoms with Crippen molar-refractivity contribution in [2.45, 2.75) is 63.3 Å². The first-order valence-electron chi connectivity index (χ1n) is 13.2. The Bertz CT molecular complexity index is 1410. The van der Waals surface area contributed by atoms with E-state index in [1.54, 1.807) is 12.1 Å². The number of imidazole rings is 1. The van der Waals surface area contributed by atoms with E-state index in [0.29, 0.717) is 29.9 Å². The van der Waals surface area contributed by atoms with Gasteiger partial charge in [0.2, 0.25) is 5.82 Å². The van der Waals surface area contributed by atoms with Gasteiger partial charge in [-0.1, -0.05) is 30.3 Å². The third-order valence-corrected chi connectivity index (χ3v) is 7.27. The Morgan fingerprint density at radius 3 is 2.58 bits per heavy atom. The van der Waals surface area contributed by atoms with E-state index in [1.807, 2.05) is 57.2 Å². The maximum atomic E-state index is 13.6. The number of alkyl halides is 3. The van der Waals surface area contributed by atoms with E-state index in [1.165, 1.54) is 19.4 Å². The summed E-state index contributed by atoms with van der Waals surface area (Å²) < 4.78 is 53.1. The van der Waals surface area contributed by atoms with Crippen LogP contribution in [0.3, 0.4) is 0 Å². The Labute approximate surface area is 230 Å². The smallest absolute Gasteiger partial charge is 0.450 e. The van der Waals surface area contributed by atoms with Crippen molar-refractivity contribution in [3.05, 3.63) is 84.0 Å². The number of esters is 1. The Hall–Kier alpha value is -3.79. The standard InChI is InChI=1S/C30H32F3N3O4/c1-28(2,3)39-26(37)21-11-8-14-29(25(21)19-9-6-5-7-10-19)18-23(35-40-29)22-17-20(12-13-24(22)38-4)36-16-15-34-27(36)30(31,32)33/h5-7,9-10,12-13,15-18,21,25,35H,8,11,14H2,1-4H3/t21?,25-,29+/m1/s1. The highest BCUT2D eigenvalue weighted by Gasteiger charge is 2.52. The van der Waals surface area contributed by atoms with Crippen LogP contribution in [0.1, 0.15) is 62.9 Å². The lowest BCUT2D eigenvalue weighted by Crippen LogP contribution is -2.47. The summed E-state index contributed by atoms with van der Waals surface area (Å²) in [5.41, 5.74) is 3.73. The van der Waals surface area contributed by atoms with Gasteiger partial charge < -0.3 is 9.47 Å². The highest BCUT2D eigenvalue weighted by molar-refractivity contribution is 5.77. The van der Waals surface area contributed by atoms with E-state index < -0.39 is 29.1 Å². The molecule has 0 bridgehead atoms. The zero-order valence-corrected chi connectivity index (χ0v) is 22.8. The van der Waals surface area contributed by atoms with Gasteiger partial charge in [-0.25, -0.2) is 4.98 Å². The van der Waals surface area contributed by atoms with Gasteiger partial charge in [-0.2, -0.15) is 13.2 Å². The molecule has 212 valence electrons. The van der Waals surface area contributed by atoms with Crippen LogP contribution in [-0.2, 0) is 20.5 Å². The van der Waals surface area contributed by atoms with Gasteiger partial charge in [-0.3, -0.25) is 19.7 Å². The molecule has 1 saturated carbocycles. The number of halogens is 3. The molecule has 1 aromatic heterocycles. The second-order valence-electron chi connectivity index (χ2n) is 11.1. The summed E-state index contributed by atoms with van der Waals surface area (Å²) in [6.45, 7) is 5.53. The minimum atomic E-state index is -4.62. The molecule has 3 atom stereocenters. The number of aromatic nitrogens is 2. The van der Waals surface area contributed by atoms with E-state index in [4.69, 9.17) is 14.3 Å². The normalized spacial score (nSPS) is 23.0. The van der Waals surface area contributed by atoms with Crippen LogP contribution in [0.15, 0.2) is 67.0 Å². The second-order valence-corrected chi connectivity index (χ2v) is 11.1. The molecule has 3 aromatic rings. The van der Waals surface area contributed by atoms with E-state index in [9.17, 15) is 18.0 Å². The van der Waals surface area contributed by atoms with Crippen LogP contribution < -0.4 is 10.2 Å². The molecule has 0 saturated heterocycles. The highest BCUT2D eigenvalue weighted by Crippen LogP contribution is 2.51. The first-order chi connectivity index (χ1) is 18.9. The summed E-state index contributed by atoms with van der Waals surface area (Å²) in [5, 5.41) is 0. The van der Waals surface area contributed by atoms with Crippen molar-refractivity contribution >= 4 is 11.7 Å². The van der Waals surface area contributed by atoms with E-state index in [0.717, 1.165) is 22.7 Å². The number of methoxy groups -OCH3 is 1. The van der Waals surface area contributed by atoms with Crippen LogP contribution >= 0.6 is 0 Å². The molecule has 1 aliphatic heterocycles. The first kappa shape index (κ1) is 27.8. The molecular formula is C30H32F3N3O4. The van der Waals surface area contributed by atoms with Gasteiger partial charge in [0.25, 0.3) is 0 Å². The first-order valence-corrected chi connectivity index (χ1v) is 13.2. The van der Waals surface area contributed by atoms with E-state index in [-0.39, 0.29) is 17.6 Å². The van der Waals surface area contributed by atoms with Gasteiger partial charge in [-0.05, 0) is 69.9 Å². The fourth-order valence-electron chi connectivity index (χ4n) is 5.71. The average molecular weight is 556 g/mol. The van der Waals surface area contributed by atoms with E-state index >= 15 is 0 Å². The number of carbonyl (C=O) groups excluding carboxylic acids is 1. The molecule has 2 aliphatic rings. The Morgan fingerprint density at radius 2 is 1.90 bits per heavy atom. The molecule has 1 N–H and O–H groups in total. The average Bonchev–Trinajstić information content (AvgIpc) is 3.56. The largest absolute Gasteiger partial charge is 0.496 e. The third-order valence-electron chi connectivity index (χ3n) is 7.27. The molecule has 1 unspecified atom stereocenters. The summed E-state index contributed by atoms with van der Waals surface area (Å²) in [4.78, 5) is 23.3. The Balaban J connectivity index is 1.59. The number of benzene rings is 2. The monoisotopic (exact) mass is 555 g/mol. The van der Waals surface area contributed by atoms with E-state index in [2.05, 4.69) is 10.5 Å². The lowest BCUT2D eigenvalue weighted by Gasteiger charge is -2.43. The summed E-state index contributed by atoms with van der Waals surface area (Å²) in [5.74, 6) is -1.68. The summed E-state index contributed by atoms with van der Waals surface area (Å²) in [6, 6.07) is 14.5. The molecule has 2 heterocycles. The summed E-state index contributed by atoms with van der Waals surface area (Å²) >= 11 is 0. The molecule has 1 aliphatic carbocycles. The number of rotatable bonds is 5. The van der Waals surface area contributed by atoms with Gasteiger partial charge >= 0.3 is 12.1 Å². The van der Waals surface area contributed by atoms with Crippen LogP contribution in [0.5, 0.6) is 5.75 Å². The maximum Gasteiger partial charge on any atom is 0.450 e. The third kappa shape index (κ3) is 5.32. The maximum absolute atomic E-state index is 13.6. The fraction of sp³-hybridized carbons (Fsp3) is 0.400. The molecule has 2 aromatic carbocycles. The fourth-order valence-corrected chi connectivity index (χ4v) is 5.71. The number of hydroxylamine groups is 1. The van der Waals surface area contributed by atoms with Gasteiger partial charge in [0, 0.05) is 29.6 Å². The Morgan fingerprint density at radius 1 is 1.15 bits per heavy atom. The van der Waals surface area contributed by atoms with Crippen LogP contribution in [0.2, 0.25) is 0 Å². The minimum Gasteiger partial charge on any atom is -0.496 e. The van der Waals surface area contributed by atoms with Gasteiger partial charge in [0.15, 0.2) is 0 Å². The molecule has 40 heavy (non-hydrogen) atoms. The van der Waals surface area contributed by atoms with Gasteiger partial charge in [-0.15, -0.1) is 0 Å². The lowest BCUT2D eigenvalue weighted by molar-refractivity contribution is -0.168. The number of hydrogen-bond donors (Lipinski definition) is 1. The predicted octanol–water partition coefficient (Wildman–Crippen LogP) is 6.44. The molecule has 5 rings (SSSR count). The molecule has 7 nitrogen and oxygen atoms in total. The number of ether oxygens (including phenoxy) is 2. The van der Waals surface area contributed by atoms with Crippen LogP contribution in [0, 0.1) is 5.92 Å². The lowest BCUT2D eigenvalue weighted by atomic mass is 9.65. The zero-order chi connectivity index (χ0) is 28.7. The molecule has 1 fully saturated rings. The van der Waals surface area contributed by atoms with Crippen LogP contribution in [0.4, 0.5) is 13.2 Å². The molecule has 0 radical (unpaired) electrons. The second kappa shape index (κ2) is 10.3. The minimum absolute atomic E-state index is 0.263. The van der Waals surface area contributed by atoms with Crippen LogP contribution in [0.25, 0.3) is 11.4 Å². The number of nitrogens with zero attached hydrogens (tertiary/aromatic N) is 2. The van der Waals surface area contributed by atoms with Crippen molar-refractivity contribution in [3.63, 3.8) is 0 Å². The predicted molar refractivity (Wildman–Crippen MR) is 142 cm³/mol. The Kier molecular flexibility index (Phi) is 7.16. The van der Waals surface area contributed by atoms with Crippen molar-refractivity contribution in [1.29, 1.82) is 0 Å². The van der Waals surface area contributed by atoms with Crippen LogP contribution in [-0.4, -0.2) is 33.8 Å². The SMILES string of the molecule is COc1ccc(-n2ccnc2C(F)(F)F)cc1C1=C[C@]2(CCCC(C(=O)OC(C)(C)C)[C@H]2c2ccccc2)ON1. The number of nitrogens with one attached hydrogen (secondary N) is 1. The van der Waals surface area contributed by atoms with Crippen molar-refractivity contribution in [1.82, 2.24) is 15.0 Å². The topological polar surface area (TPSA) is 74.6 Å². The molecular weight excluding hydrogens is 523 g/mol. The zero-order valence-electron chi connectivity index (χ0n) is 22.8. The number of hydrogen-bond acceptors (Lipinski definition) is 6. The molecule has 0 amide bonds. The quantitative estimate of drug-likeness (QED) is 0.365. The molecule has 1 spiro atoms.